The minimum Gasteiger partial charge on any atom is -0.410 e. The Morgan fingerprint density at radius 2 is 2.09 bits per heavy atom. The van der Waals surface area contributed by atoms with E-state index in [2.05, 4.69) is 20.5 Å². The van der Waals surface area contributed by atoms with Crippen molar-refractivity contribution < 1.29 is 9.21 Å². The molecule has 126 valence electrons. The molecular weight excluding hydrogens is 332 g/mol. The summed E-state index contributed by atoms with van der Waals surface area (Å²) in [5.41, 5.74) is 0.659. The van der Waals surface area contributed by atoms with E-state index >= 15 is 0 Å². The van der Waals surface area contributed by atoms with E-state index in [0.717, 1.165) is 22.0 Å². The van der Waals surface area contributed by atoms with Crippen molar-refractivity contribution in [3.63, 3.8) is 0 Å². The van der Waals surface area contributed by atoms with E-state index in [4.69, 9.17) is 4.42 Å². The lowest BCUT2D eigenvalue weighted by Gasteiger charge is -2.25. The number of hydrogen-bond donors (Lipinski definition) is 1. The summed E-state index contributed by atoms with van der Waals surface area (Å²) < 4.78 is 5.67. The van der Waals surface area contributed by atoms with Crippen LogP contribution in [0.4, 0.5) is 0 Å². The Balaban J connectivity index is 2.04. The summed E-state index contributed by atoms with van der Waals surface area (Å²) in [6.07, 6.45) is 0.866. The van der Waals surface area contributed by atoms with Crippen LogP contribution in [0.5, 0.6) is 0 Å². The van der Waals surface area contributed by atoms with Gasteiger partial charge in [-0.25, -0.2) is 4.98 Å². The van der Waals surface area contributed by atoms with Crippen LogP contribution in [0.2, 0.25) is 0 Å². The average molecular weight is 355 g/mol. The van der Waals surface area contributed by atoms with Gasteiger partial charge in [0.2, 0.25) is 5.91 Å². The van der Waals surface area contributed by atoms with Crippen LogP contribution in [-0.4, -0.2) is 31.9 Å². The van der Waals surface area contributed by atoms with Crippen LogP contribution in [0.3, 0.4) is 0 Å². The zero-order chi connectivity index (χ0) is 17.2. The average Bonchev–Trinajstić information content (AvgIpc) is 3.04. The van der Waals surface area contributed by atoms with E-state index in [-0.39, 0.29) is 16.7 Å². The molecule has 8 heteroatoms. The second-order valence-electron chi connectivity index (χ2n) is 6.01. The van der Waals surface area contributed by atoms with Gasteiger partial charge in [-0.05, 0) is 41.0 Å². The molecule has 0 fully saturated rings. The van der Waals surface area contributed by atoms with Crippen LogP contribution in [0.15, 0.2) is 9.64 Å². The van der Waals surface area contributed by atoms with Crippen molar-refractivity contribution in [3.05, 3.63) is 10.7 Å². The molecule has 0 aliphatic heterocycles. The Hall–Kier alpha value is -1.41. The van der Waals surface area contributed by atoms with Crippen molar-refractivity contribution in [2.24, 2.45) is 0 Å². The minimum absolute atomic E-state index is 0.0357. The largest absolute Gasteiger partial charge is 0.410 e. The molecule has 1 N–H and O–H groups in total. The number of aromatic nitrogens is 3. The van der Waals surface area contributed by atoms with Gasteiger partial charge >= 0.3 is 0 Å². The molecule has 1 amide bonds. The molecule has 0 saturated heterocycles. The highest BCUT2D eigenvalue weighted by molar-refractivity contribution is 8.00. The van der Waals surface area contributed by atoms with Crippen molar-refractivity contribution in [3.8, 4) is 10.8 Å². The van der Waals surface area contributed by atoms with Gasteiger partial charge in [0, 0.05) is 5.54 Å². The maximum absolute atomic E-state index is 12.2. The summed E-state index contributed by atoms with van der Waals surface area (Å²) in [5.74, 6) is 0.420. The van der Waals surface area contributed by atoms with E-state index in [1.54, 1.807) is 0 Å². The molecule has 6 nitrogen and oxygen atoms in total. The van der Waals surface area contributed by atoms with Crippen molar-refractivity contribution in [1.29, 1.82) is 0 Å². The van der Waals surface area contributed by atoms with Crippen LogP contribution in [0.1, 0.15) is 44.8 Å². The predicted octanol–water partition coefficient (Wildman–Crippen LogP) is 3.60. The van der Waals surface area contributed by atoms with Crippen LogP contribution in [0, 0.1) is 13.8 Å². The van der Waals surface area contributed by atoms with E-state index < -0.39 is 0 Å². The van der Waals surface area contributed by atoms with Gasteiger partial charge in [0.05, 0.1) is 16.0 Å². The van der Waals surface area contributed by atoms with E-state index in [9.17, 15) is 4.79 Å². The number of thioether (sulfide) groups is 1. The van der Waals surface area contributed by atoms with Gasteiger partial charge in [-0.1, -0.05) is 18.7 Å². The fourth-order valence-corrected chi connectivity index (χ4v) is 3.33. The number of rotatable bonds is 6. The number of carbonyl (C=O) groups is 1. The van der Waals surface area contributed by atoms with Gasteiger partial charge < -0.3 is 9.73 Å². The third kappa shape index (κ3) is 4.54. The standard InChI is InChI=1S/C15H22N4O2S2/c1-7-15(5,6)17-12(20)9(3)22-14-19-18-13(21-14)11-8(2)16-10(4)23-11/h9H,7H2,1-6H3,(H,17,20). The predicted molar refractivity (Wildman–Crippen MR) is 92.7 cm³/mol. The van der Waals surface area contributed by atoms with Crippen molar-refractivity contribution in [2.75, 3.05) is 0 Å². The smallest absolute Gasteiger partial charge is 0.277 e. The molecule has 2 aromatic heterocycles. The zero-order valence-electron chi connectivity index (χ0n) is 14.3. The van der Waals surface area contributed by atoms with Gasteiger partial charge in [-0.15, -0.1) is 21.5 Å². The van der Waals surface area contributed by atoms with Crippen molar-refractivity contribution in [2.45, 2.75) is 64.0 Å². The normalized spacial score (nSPS) is 13.1. The lowest BCUT2D eigenvalue weighted by atomic mass is 10.0. The molecular formula is C15H22N4O2S2. The summed E-state index contributed by atoms with van der Waals surface area (Å²) in [5, 5.41) is 12.2. The van der Waals surface area contributed by atoms with Gasteiger partial charge in [-0.3, -0.25) is 4.79 Å². The molecule has 0 aliphatic rings. The number of thiazole rings is 1. The number of amides is 1. The lowest BCUT2D eigenvalue weighted by Crippen LogP contribution is -2.46. The summed E-state index contributed by atoms with van der Waals surface area (Å²) in [4.78, 5) is 17.5. The Morgan fingerprint density at radius 3 is 2.65 bits per heavy atom. The molecule has 2 rings (SSSR count). The highest BCUT2D eigenvalue weighted by Crippen LogP contribution is 2.31. The molecule has 0 aliphatic carbocycles. The van der Waals surface area contributed by atoms with Crippen LogP contribution < -0.4 is 5.32 Å². The fraction of sp³-hybridized carbons (Fsp3) is 0.600. The van der Waals surface area contributed by atoms with Gasteiger partial charge in [-0.2, -0.15) is 0 Å². The number of hydrogen-bond acceptors (Lipinski definition) is 7. The SMILES string of the molecule is CCC(C)(C)NC(=O)C(C)Sc1nnc(-c2sc(C)nc2C)o1. The number of nitrogens with one attached hydrogen (secondary N) is 1. The van der Waals surface area contributed by atoms with Crippen LogP contribution in [-0.2, 0) is 4.79 Å². The zero-order valence-corrected chi connectivity index (χ0v) is 15.9. The summed E-state index contributed by atoms with van der Waals surface area (Å²) in [6, 6.07) is 0. The Labute approximate surface area is 144 Å². The maximum atomic E-state index is 12.2. The minimum atomic E-state index is -0.307. The molecule has 2 aromatic rings. The molecule has 0 saturated carbocycles. The summed E-state index contributed by atoms with van der Waals surface area (Å²) in [7, 11) is 0. The maximum Gasteiger partial charge on any atom is 0.277 e. The Kier molecular flexibility index (Phi) is 5.46. The number of nitrogens with zero attached hydrogens (tertiary/aromatic N) is 3. The van der Waals surface area contributed by atoms with Crippen LogP contribution >= 0.6 is 23.1 Å². The number of carbonyl (C=O) groups excluding carboxylic acids is 1. The van der Waals surface area contributed by atoms with Gasteiger partial charge in [0.25, 0.3) is 11.1 Å². The molecule has 23 heavy (non-hydrogen) atoms. The van der Waals surface area contributed by atoms with Gasteiger partial charge in [0.1, 0.15) is 4.88 Å². The molecule has 1 unspecified atom stereocenters. The summed E-state index contributed by atoms with van der Waals surface area (Å²) in [6.45, 7) is 11.7. The molecule has 0 radical (unpaired) electrons. The summed E-state index contributed by atoms with van der Waals surface area (Å²) >= 11 is 2.78. The van der Waals surface area contributed by atoms with E-state index in [0.29, 0.717) is 11.1 Å². The third-order valence-electron chi connectivity index (χ3n) is 3.50. The first-order chi connectivity index (χ1) is 10.7. The quantitative estimate of drug-likeness (QED) is 0.798. The molecule has 0 spiro atoms. The first-order valence-corrected chi connectivity index (χ1v) is 9.18. The molecule has 2 heterocycles. The van der Waals surface area contributed by atoms with E-state index in [1.165, 1.54) is 23.1 Å². The second-order valence-corrected chi connectivity index (χ2v) is 8.50. The van der Waals surface area contributed by atoms with E-state index in [1.807, 2.05) is 41.5 Å². The Morgan fingerprint density at radius 1 is 1.39 bits per heavy atom. The van der Waals surface area contributed by atoms with Crippen molar-refractivity contribution in [1.82, 2.24) is 20.5 Å². The topological polar surface area (TPSA) is 80.9 Å². The van der Waals surface area contributed by atoms with Crippen molar-refractivity contribution >= 4 is 29.0 Å². The fourth-order valence-electron chi connectivity index (χ4n) is 1.81. The first kappa shape index (κ1) is 17.9. The number of aryl methyl sites for hydroxylation is 2. The molecule has 0 bridgehead atoms. The molecule has 1 atom stereocenters. The van der Waals surface area contributed by atoms with Gasteiger partial charge in [0.15, 0.2) is 0 Å². The van der Waals surface area contributed by atoms with Crippen LogP contribution in [0.25, 0.3) is 10.8 Å². The monoisotopic (exact) mass is 354 g/mol. The first-order valence-electron chi connectivity index (χ1n) is 7.48. The Bertz CT molecular complexity index is 693. The molecule has 0 aromatic carbocycles. The lowest BCUT2D eigenvalue weighted by molar-refractivity contribution is -0.121. The highest BCUT2D eigenvalue weighted by Gasteiger charge is 2.24. The second kappa shape index (κ2) is 7.00. The highest BCUT2D eigenvalue weighted by atomic mass is 32.2. The third-order valence-corrected chi connectivity index (χ3v) is 5.49.